The van der Waals surface area contributed by atoms with E-state index in [4.69, 9.17) is 4.74 Å². The maximum Gasteiger partial charge on any atom is 0.126 e. The maximum absolute atomic E-state index is 6.54. The Balaban J connectivity index is 1.93. The summed E-state index contributed by atoms with van der Waals surface area (Å²) >= 11 is 0. The van der Waals surface area contributed by atoms with E-state index in [1.807, 2.05) is 0 Å². The van der Waals surface area contributed by atoms with Crippen LogP contribution < -0.4 is 4.74 Å². The van der Waals surface area contributed by atoms with Crippen LogP contribution in [0.1, 0.15) is 42.9 Å². The molecule has 1 aromatic rings. The maximum atomic E-state index is 6.54. The summed E-state index contributed by atoms with van der Waals surface area (Å²) in [7, 11) is 2.25. The molecule has 0 bridgehead atoms. The predicted molar refractivity (Wildman–Crippen MR) is 85.8 cm³/mol. The van der Waals surface area contributed by atoms with E-state index in [-0.39, 0.29) is 5.41 Å². The third-order valence-electron chi connectivity index (χ3n) is 5.73. The lowest BCUT2D eigenvalue weighted by Gasteiger charge is -2.33. The number of hydrogen-bond acceptors (Lipinski definition) is 2. The molecule has 0 N–H and O–H groups in total. The fraction of sp³-hybridized carbons (Fsp3) is 0.579. The van der Waals surface area contributed by atoms with Gasteiger partial charge in [-0.05, 0) is 56.8 Å². The molecule has 1 aromatic carbocycles. The van der Waals surface area contributed by atoms with Crippen LogP contribution in [-0.2, 0) is 12.0 Å². The highest BCUT2D eigenvalue weighted by atomic mass is 16.5. The molecule has 2 nitrogen and oxygen atoms in total. The average molecular weight is 283 g/mol. The lowest BCUT2D eigenvalue weighted by Crippen LogP contribution is -2.39. The highest BCUT2D eigenvalue weighted by molar-refractivity contribution is 5.55. The number of ether oxygens (including phenoxy) is 1. The Morgan fingerprint density at radius 2 is 2.19 bits per heavy atom. The van der Waals surface area contributed by atoms with Gasteiger partial charge in [-0.15, -0.1) is 0 Å². The molecule has 0 fully saturated rings. The number of rotatable bonds is 0. The Morgan fingerprint density at radius 1 is 1.33 bits per heavy atom. The summed E-state index contributed by atoms with van der Waals surface area (Å²) in [6.45, 7) is 6.73. The first-order chi connectivity index (χ1) is 10.1. The molecule has 3 atom stereocenters. The molecular weight excluding hydrogens is 258 g/mol. The first kappa shape index (κ1) is 13.4. The Morgan fingerprint density at radius 3 is 3.05 bits per heavy atom. The summed E-state index contributed by atoms with van der Waals surface area (Å²) in [6, 6.07) is 4.58. The van der Waals surface area contributed by atoms with Crippen molar-refractivity contribution < 1.29 is 4.74 Å². The van der Waals surface area contributed by atoms with E-state index in [0.717, 1.165) is 25.9 Å². The molecule has 2 heteroatoms. The van der Waals surface area contributed by atoms with Crippen molar-refractivity contribution in [1.82, 2.24) is 4.90 Å². The first-order valence-corrected chi connectivity index (χ1v) is 8.25. The van der Waals surface area contributed by atoms with E-state index in [0.29, 0.717) is 12.0 Å². The molecule has 2 heterocycles. The number of aryl methyl sites for hydroxylation is 1. The van der Waals surface area contributed by atoms with E-state index in [1.165, 1.54) is 28.9 Å². The van der Waals surface area contributed by atoms with Crippen LogP contribution in [0.15, 0.2) is 24.3 Å². The molecule has 3 unspecified atom stereocenters. The van der Waals surface area contributed by atoms with E-state index >= 15 is 0 Å². The van der Waals surface area contributed by atoms with Crippen molar-refractivity contribution in [3.05, 3.63) is 41.0 Å². The predicted octanol–water partition coefficient (Wildman–Crippen LogP) is 3.82. The van der Waals surface area contributed by atoms with Crippen molar-refractivity contribution in [2.24, 2.45) is 5.92 Å². The summed E-state index contributed by atoms with van der Waals surface area (Å²) in [5.74, 6) is 1.82. The molecule has 4 rings (SSSR count). The van der Waals surface area contributed by atoms with Gasteiger partial charge in [0.1, 0.15) is 11.9 Å². The number of benzene rings is 1. The Bertz CT molecular complexity index is 606. The highest BCUT2D eigenvalue weighted by Crippen LogP contribution is 2.54. The molecule has 3 aliphatic rings. The fourth-order valence-electron chi connectivity index (χ4n) is 4.56. The van der Waals surface area contributed by atoms with Gasteiger partial charge < -0.3 is 9.64 Å². The van der Waals surface area contributed by atoms with Crippen molar-refractivity contribution in [2.45, 2.75) is 51.2 Å². The molecule has 0 saturated carbocycles. The topological polar surface area (TPSA) is 12.5 Å². The largest absolute Gasteiger partial charge is 0.489 e. The number of hydrogen-bond donors (Lipinski definition) is 0. The molecule has 0 aromatic heterocycles. The van der Waals surface area contributed by atoms with Gasteiger partial charge in [-0.3, -0.25) is 0 Å². The van der Waals surface area contributed by atoms with Gasteiger partial charge in [-0.25, -0.2) is 0 Å². The Kier molecular flexibility index (Phi) is 2.94. The lowest BCUT2D eigenvalue weighted by atomic mass is 9.70. The molecule has 2 aliphatic heterocycles. The summed E-state index contributed by atoms with van der Waals surface area (Å²) in [5.41, 5.74) is 4.54. The van der Waals surface area contributed by atoms with Crippen LogP contribution in [0.25, 0.3) is 0 Å². The van der Waals surface area contributed by atoms with E-state index in [1.54, 1.807) is 0 Å². The number of allylic oxidation sites excluding steroid dienone is 2. The molecule has 0 amide bonds. The van der Waals surface area contributed by atoms with Crippen LogP contribution >= 0.6 is 0 Å². The summed E-state index contributed by atoms with van der Waals surface area (Å²) in [5, 5.41) is 0. The third-order valence-corrected chi connectivity index (χ3v) is 5.73. The minimum absolute atomic E-state index is 0.211. The van der Waals surface area contributed by atoms with Crippen LogP contribution in [0.5, 0.6) is 5.75 Å². The van der Waals surface area contributed by atoms with Crippen molar-refractivity contribution in [2.75, 3.05) is 13.6 Å². The lowest BCUT2D eigenvalue weighted by molar-refractivity contribution is 0.117. The summed E-state index contributed by atoms with van der Waals surface area (Å²) in [4.78, 5) is 2.47. The second-order valence-electron chi connectivity index (χ2n) is 7.34. The normalized spacial score (nSPS) is 34.6. The molecule has 21 heavy (non-hydrogen) atoms. The third kappa shape index (κ3) is 1.88. The van der Waals surface area contributed by atoms with Gasteiger partial charge in [0.2, 0.25) is 0 Å². The quantitative estimate of drug-likeness (QED) is 0.671. The highest BCUT2D eigenvalue weighted by Gasteiger charge is 2.51. The minimum Gasteiger partial charge on any atom is -0.489 e. The summed E-state index contributed by atoms with van der Waals surface area (Å²) < 4.78 is 6.54. The van der Waals surface area contributed by atoms with E-state index in [2.05, 4.69) is 50.1 Å². The molecule has 0 radical (unpaired) electrons. The zero-order chi connectivity index (χ0) is 14.6. The van der Waals surface area contributed by atoms with Crippen LogP contribution in [0, 0.1) is 12.8 Å². The van der Waals surface area contributed by atoms with E-state index in [9.17, 15) is 0 Å². The average Bonchev–Trinajstić information content (AvgIpc) is 2.57. The SMILES string of the molecule is Cc1ccc2c3c1OC1CC(C)C=CCC31CCN(C)C2. The van der Waals surface area contributed by atoms with Crippen molar-refractivity contribution in [3.8, 4) is 5.75 Å². The molecule has 1 spiro atoms. The van der Waals surface area contributed by atoms with Crippen molar-refractivity contribution in [1.29, 1.82) is 0 Å². The van der Waals surface area contributed by atoms with Gasteiger partial charge in [-0.1, -0.05) is 31.2 Å². The monoisotopic (exact) mass is 283 g/mol. The van der Waals surface area contributed by atoms with Gasteiger partial charge >= 0.3 is 0 Å². The smallest absolute Gasteiger partial charge is 0.126 e. The molecule has 112 valence electrons. The first-order valence-electron chi connectivity index (χ1n) is 8.25. The van der Waals surface area contributed by atoms with Gasteiger partial charge in [0.05, 0.1) is 0 Å². The second-order valence-corrected chi connectivity index (χ2v) is 7.34. The van der Waals surface area contributed by atoms with E-state index < -0.39 is 0 Å². The fourth-order valence-corrected chi connectivity index (χ4v) is 4.56. The van der Waals surface area contributed by atoms with Crippen LogP contribution in [-0.4, -0.2) is 24.6 Å². The Hall–Kier alpha value is -1.28. The standard InChI is InChI=1S/C19H25NO/c1-13-5-4-8-19-9-10-20(3)12-15-7-6-14(2)18(17(15)19)21-16(19)11-13/h4-7,13,16H,8-12H2,1-3H3. The minimum atomic E-state index is 0.211. The number of nitrogens with zero attached hydrogens (tertiary/aromatic N) is 1. The zero-order valence-corrected chi connectivity index (χ0v) is 13.4. The second kappa shape index (κ2) is 4.61. The van der Waals surface area contributed by atoms with Crippen LogP contribution in [0.4, 0.5) is 0 Å². The van der Waals surface area contributed by atoms with Crippen molar-refractivity contribution in [3.63, 3.8) is 0 Å². The Labute approximate surface area is 127 Å². The van der Waals surface area contributed by atoms with Crippen LogP contribution in [0.3, 0.4) is 0 Å². The van der Waals surface area contributed by atoms with Gasteiger partial charge in [0, 0.05) is 17.5 Å². The molecule has 1 aliphatic carbocycles. The van der Waals surface area contributed by atoms with Gasteiger partial charge in [-0.2, -0.15) is 0 Å². The van der Waals surface area contributed by atoms with Crippen LogP contribution in [0.2, 0.25) is 0 Å². The van der Waals surface area contributed by atoms with Gasteiger partial charge in [0.25, 0.3) is 0 Å². The molecule has 0 saturated heterocycles. The zero-order valence-electron chi connectivity index (χ0n) is 13.4. The molecular formula is C19H25NO. The summed E-state index contributed by atoms with van der Waals surface area (Å²) in [6.07, 6.45) is 8.66. The van der Waals surface area contributed by atoms with Gasteiger partial charge in [0.15, 0.2) is 0 Å². The van der Waals surface area contributed by atoms with Crippen molar-refractivity contribution >= 4 is 0 Å².